The van der Waals surface area contributed by atoms with Crippen molar-refractivity contribution in [3.05, 3.63) is 16.6 Å². The molecule has 0 bridgehead atoms. The average molecular weight is 205 g/mol. The van der Waals surface area contributed by atoms with Gasteiger partial charge in [0.15, 0.2) is 0 Å². The predicted octanol–water partition coefficient (Wildman–Crippen LogP) is 1.56. The molecule has 1 amide bonds. The molecule has 1 aromatic rings. The molecular formula is C7H9ClN2OS. The Kier molecular flexibility index (Phi) is 3.49. The number of hydrogen-bond donors (Lipinski definition) is 1. The van der Waals surface area contributed by atoms with Crippen LogP contribution in [0.25, 0.3) is 0 Å². The highest BCUT2D eigenvalue weighted by Crippen LogP contribution is 2.14. The van der Waals surface area contributed by atoms with Gasteiger partial charge in [-0.1, -0.05) is 0 Å². The summed E-state index contributed by atoms with van der Waals surface area (Å²) in [7, 11) is 0. The van der Waals surface area contributed by atoms with Crippen LogP contribution in [0.15, 0.2) is 11.6 Å². The summed E-state index contributed by atoms with van der Waals surface area (Å²) in [6.45, 7) is 1.88. The molecule has 0 radical (unpaired) electrons. The molecular weight excluding hydrogens is 196 g/mol. The zero-order valence-corrected chi connectivity index (χ0v) is 8.15. The largest absolute Gasteiger partial charge is 0.346 e. The van der Waals surface area contributed by atoms with E-state index in [9.17, 15) is 4.79 Å². The number of halogens is 1. The minimum absolute atomic E-state index is 0.00425. The summed E-state index contributed by atoms with van der Waals surface area (Å²) in [4.78, 5) is 14.9. The lowest BCUT2D eigenvalue weighted by Crippen LogP contribution is -2.27. The van der Waals surface area contributed by atoms with Crippen LogP contribution in [-0.2, 0) is 4.79 Å². The lowest BCUT2D eigenvalue weighted by molar-refractivity contribution is -0.119. The molecule has 0 spiro atoms. The lowest BCUT2D eigenvalue weighted by atomic mass is 10.3. The van der Waals surface area contributed by atoms with Crippen molar-refractivity contribution in [3.63, 3.8) is 0 Å². The number of carbonyl (C=O) groups is 1. The summed E-state index contributed by atoms with van der Waals surface area (Å²) in [5.74, 6) is -0.172. The van der Waals surface area contributed by atoms with Crippen molar-refractivity contribution < 1.29 is 4.79 Å². The SMILES string of the molecule is CC(NC(=O)CCl)c1nccs1. The summed E-state index contributed by atoms with van der Waals surface area (Å²) in [5.41, 5.74) is 0. The molecule has 0 aromatic carbocycles. The normalized spacial score (nSPS) is 12.5. The van der Waals surface area contributed by atoms with Crippen LogP contribution in [0.3, 0.4) is 0 Å². The van der Waals surface area contributed by atoms with Crippen LogP contribution >= 0.6 is 22.9 Å². The molecule has 3 nitrogen and oxygen atoms in total. The zero-order valence-electron chi connectivity index (χ0n) is 6.58. The van der Waals surface area contributed by atoms with Crippen molar-refractivity contribution in [2.45, 2.75) is 13.0 Å². The second-order valence-corrected chi connectivity index (χ2v) is 3.49. The Balaban J connectivity index is 2.49. The van der Waals surface area contributed by atoms with E-state index in [0.29, 0.717) is 0 Å². The fraction of sp³-hybridized carbons (Fsp3) is 0.429. The smallest absolute Gasteiger partial charge is 0.235 e. The van der Waals surface area contributed by atoms with Crippen molar-refractivity contribution in [2.24, 2.45) is 0 Å². The molecule has 1 rings (SSSR count). The molecule has 0 saturated carbocycles. The number of nitrogens with one attached hydrogen (secondary N) is 1. The number of alkyl halides is 1. The summed E-state index contributed by atoms with van der Waals surface area (Å²) >= 11 is 6.84. The highest BCUT2D eigenvalue weighted by Gasteiger charge is 2.09. The van der Waals surface area contributed by atoms with Crippen LogP contribution in [0, 0.1) is 0 Å². The van der Waals surface area contributed by atoms with Gasteiger partial charge in [0.25, 0.3) is 0 Å². The number of nitrogens with zero attached hydrogens (tertiary/aromatic N) is 1. The van der Waals surface area contributed by atoms with Crippen molar-refractivity contribution in [2.75, 3.05) is 5.88 Å². The van der Waals surface area contributed by atoms with Gasteiger partial charge < -0.3 is 5.32 Å². The van der Waals surface area contributed by atoms with Gasteiger partial charge in [-0.15, -0.1) is 22.9 Å². The Labute approximate surface area is 79.8 Å². The monoisotopic (exact) mass is 204 g/mol. The molecule has 12 heavy (non-hydrogen) atoms. The third-order valence-electron chi connectivity index (χ3n) is 1.32. The molecule has 1 atom stereocenters. The van der Waals surface area contributed by atoms with Gasteiger partial charge in [0.2, 0.25) is 5.91 Å². The summed E-state index contributed by atoms with van der Waals surface area (Å²) in [6.07, 6.45) is 1.71. The van der Waals surface area contributed by atoms with Crippen LogP contribution in [0.5, 0.6) is 0 Å². The highest BCUT2D eigenvalue weighted by molar-refractivity contribution is 7.09. The standard InChI is InChI=1S/C7H9ClN2OS/c1-5(10-6(11)4-8)7-9-2-3-12-7/h2-3,5H,4H2,1H3,(H,10,11). The molecule has 5 heteroatoms. The Morgan fingerprint density at radius 1 is 1.92 bits per heavy atom. The number of thiazole rings is 1. The van der Waals surface area contributed by atoms with E-state index < -0.39 is 0 Å². The minimum atomic E-state index is -0.167. The van der Waals surface area contributed by atoms with Crippen LogP contribution in [0.4, 0.5) is 0 Å². The Morgan fingerprint density at radius 2 is 2.67 bits per heavy atom. The summed E-state index contributed by atoms with van der Waals surface area (Å²) in [5, 5.41) is 5.48. The molecule has 0 aliphatic rings. The van der Waals surface area contributed by atoms with E-state index in [1.54, 1.807) is 6.20 Å². The summed E-state index contributed by atoms with van der Waals surface area (Å²) < 4.78 is 0. The van der Waals surface area contributed by atoms with Gasteiger partial charge in [-0.3, -0.25) is 4.79 Å². The molecule has 1 heterocycles. The fourth-order valence-electron chi connectivity index (χ4n) is 0.790. The van der Waals surface area contributed by atoms with Crippen molar-refractivity contribution in [1.82, 2.24) is 10.3 Å². The van der Waals surface area contributed by atoms with Gasteiger partial charge in [-0.05, 0) is 6.92 Å². The predicted molar refractivity (Wildman–Crippen MR) is 49.4 cm³/mol. The third kappa shape index (κ3) is 2.46. The summed E-state index contributed by atoms with van der Waals surface area (Å²) in [6, 6.07) is -0.0451. The number of amides is 1. The molecule has 1 aromatic heterocycles. The first-order valence-electron chi connectivity index (χ1n) is 3.48. The van der Waals surface area contributed by atoms with E-state index in [2.05, 4.69) is 10.3 Å². The molecule has 0 saturated heterocycles. The van der Waals surface area contributed by atoms with E-state index in [0.717, 1.165) is 5.01 Å². The maximum atomic E-state index is 10.9. The van der Waals surface area contributed by atoms with Crippen molar-refractivity contribution in [3.8, 4) is 0 Å². The maximum Gasteiger partial charge on any atom is 0.235 e. The fourth-order valence-corrected chi connectivity index (χ4v) is 1.51. The molecule has 1 unspecified atom stereocenters. The van der Waals surface area contributed by atoms with Gasteiger partial charge in [-0.25, -0.2) is 4.98 Å². The first-order valence-corrected chi connectivity index (χ1v) is 4.90. The number of carbonyl (C=O) groups excluding carboxylic acids is 1. The van der Waals surface area contributed by atoms with E-state index >= 15 is 0 Å². The zero-order chi connectivity index (χ0) is 8.97. The van der Waals surface area contributed by atoms with Crippen LogP contribution in [0.1, 0.15) is 18.0 Å². The second-order valence-electron chi connectivity index (χ2n) is 2.29. The number of aromatic nitrogens is 1. The minimum Gasteiger partial charge on any atom is -0.346 e. The average Bonchev–Trinajstić information content (AvgIpc) is 2.56. The van der Waals surface area contributed by atoms with E-state index in [1.165, 1.54) is 11.3 Å². The second kappa shape index (κ2) is 4.42. The number of rotatable bonds is 3. The van der Waals surface area contributed by atoms with Gasteiger partial charge in [0.1, 0.15) is 10.9 Å². The quantitative estimate of drug-likeness (QED) is 0.760. The molecule has 0 aliphatic carbocycles. The first kappa shape index (κ1) is 9.48. The van der Waals surface area contributed by atoms with Gasteiger partial charge >= 0.3 is 0 Å². The van der Waals surface area contributed by atoms with Crippen LogP contribution in [0.2, 0.25) is 0 Å². The van der Waals surface area contributed by atoms with Crippen LogP contribution in [-0.4, -0.2) is 16.8 Å². The molecule has 0 aliphatic heterocycles. The lowest BCUT2D eigenvalue weighted by Gasteiger charge is -2.08. The van der Waals surface area contributed by atoms with Gasteiger partial charge in [0.05, 0.1) is 6.04 Å². The molecule has 66 valence electrons. The van der Waals surface area contributed by atoms with Crippen molar-refractivity contribution >= 4 is 28.8 Å². The first-order chi connectivity index (χ1) is 5.74. The highest BCUT2D eigenvalue weighted by atomic mass is 35.5. The number of hydrogen-bond acceptors (Lipinski definition) is 3. The third-order valence-corrected chi connectivity index (χ3v) is 2.52. The van der Waals surface area contributed by atoms with Gasteiger partial charge in [0, 0.05) is 11.6 Å². The van der Waals surface area contributed by atoms with Gasteiger partial charge in [-0.2, -0.15) is 0 Å². The van der Waals surface area contributed by atoms with E-state index in [-0.39, 0.29) is 17.8 Å². The molecule has 1 N–H and O–H groups in total. The molecule has 0 fully saturated rings. The van der Waals surface area contributed by atoms with Crippen LogP contribution < -0.4 is 5.32 Å². The Morgan fingerprint density at radius 3 is 3.17 bits per heavy atom. The topological polar surface area (TPSA) is 42.0 Å². The van der Waals surface area contributed by atoms with Crippen molar-refractivity contribution in [1.29, 1.82) is 0 Å². The Hall–Kier alpha value is -0.610. The Bertz CT molecular complexity index is 250. The van der Waals surface area contributed by atoms with E-state index in [4.69, 9.17) is 11.6 Å². The van der Waals surface area contributed by atoms with E-state index in [1.807, 2.05) is 12.3 Å². The maximum absolute atomic E-state index is 10.9.